The molecule has 5 rings (SSSR count). The van der Waals surface area contributed by atoms with Crippen molar-refractivity contribution in [2.45, 2.75) is 17.4 Å². The number of primary sulfonamides is 1. The quantitative estimate of drug-likeness (QED) is 0.271. The second kappa shape index (κ2) is 12.6. The van der Waals surface area contributed by atoms with Gasteiger partial charge in [0.05, 0.1) is 10.9 Å². The predicted octanol–water partition coefficient (Wildman–Crippen LogP) is 5.38. The molecule has 204 valence electrons. The van der Waals surface area contributed by atoms with Crippen LogP contribution in [-0.2, 0) is 10.0 Å². The number of rotatable bonds is 10. The number of hydrogen-bond donors (Lipinski definition) is 1. The van der Waals surface area contributed by atoms with E-state index >= 15 is 0 Å². The molecule has 0 saturated carbocycles. The summed E-state index contributed by atoms with van der Waals surface area (Å²) in [6.45, 7) is 5.71. The first kappa shape index (κ1) is 27.8. The van der Waals surface area contributed by atoms with Gasteiger partial charge in [0.2, 0.25) is 10.0 Å². The molecule has 1 fully saturated rings. The third-order valence-electron chi connectivity index (χ3n) is 7.06. The number of benzene rings is 3. The first-order valence-corrected chi connectivity index (χ1v) is 15.8. The van der Waals surface area contributed by atoms with Gasteiger partial charge in [-0.15, -0.1) is 11.3 Å². The summed E-state index contributed by atoms with van der Waals surface area (Å²) in [4.78, 5) is 11.8. The SMILES string of the molecule is NS(=O)(=O)c1ccc(N(CCCN2CCN([C@H](c3ccccc3)c3ccc(Cl)cc3)CC2)c2nccs2)cc1. The molecule has 7 nitrogen and oxygen atoms in total. The molecule has 1 aromatic heterocycles. The minimum absolute atomic E-state index is 0.107. The van der Waals surface area contributed by atoms with Crippen molar-refractivity contribution in [3.05, 3.63) is 107 Å². The van der Waals surface area contributed by atoms with Gasteiger partial charge in [0.1, 0.15) is 0 Å². The molecule has 0 unspecified atom stereocenters. The molecule has 10 heteroatoms. The molecule has 0 bridgehead atoms. The van der Waals surface area contributed by atoms with E-state index in [1.54, 1.807) is 41.8 Å². The highest BCUT2D eigenvalue weighted by Crippen LogP contribution is 2.31. The van der Waals surface area contributed by atoms with E-state index in [0.717, 1.165) is 61.5 Å². The van der Waals surface area contributed by atoms with Gasteiger partial charge in [0.15, 0.2) is 5.13 Å². The summed E-state index contributed by atoms with van der Waals surface area (Å²) >= 11 is 7.74. The fraction of sp³-hybridized carbons (Fsp3) is 0.276. The van der Waals surface area contributed by atoms with Crippen LogP contribution in [0, 0.1) is 0 Å². The van der Waals surface area contributed by atoms with Crippen LogP contribution < -0.4 is 10.0 Å². The summed E-state index contributed by atoms with van der Waals surface area (Å²) in [7, 11) is -3.73. The minimum Gasteiger partial charge on any atom is -0.318 e. The smallest absolute Gasteiger partial charge is 0.238 e. The Morgan fingerprint density at radius 1 is 0.923 bits per heavy atom. The number of sulfonamides is 1. The molecule has 2 N–H and O–H groups in total. The zero-order valence-corrected chi connectivity index (χ0v) is 24.0. The largest absolute Gasteiger partial charge is 0.318 e. The lowest BCUT2D eigenvalue weighted by Gasteiger charge is -2.40. The first-order chi connectivity index (χ1) is 18.9. The number of nitrogens with zero attached hydrogens (tertiary/aromatic N) is 4. The maximum Gasteiger partial charge on any atom is 0.238 e. The molecular weight excluding hydrogens is 550 g/mol. The van der Waals surface area contributed by atoms with Crippen molar-refractivity contribution < 1.29 is 8.42 Å². The van der Waals surface area contributed by atoms with E-state index in [2.05, 4.69) is 62.1 Å². The Morgan fingerprint density at radius 2 is 1.59 bits per heavy atom. The zero-order chi connectivity index (χ0) is 27.2. The molecule has 0 spiro atoms. The molecule has 4 aromatic rings. The van der Waals surface area contributed by atoms with Gasteiger partial charge in [-0.3, -0.25) is 4.90 Å². The Morgan fingerprint density at radius 3 is 2.21 bits per heavy atom. The Hall–Kier alpha value is -2.79. The third-order valence-corrected chi connectivity index (χ3v) is 9.03. The normalized spacial score (nSPS) is 15.7. The van der Waals surface area contributed by atoms with E-state index in [4.69, 9.17) is 16.7 Å². The monoisotopic (exact) mass is 581 g/mol. The fourth-order valence-electron chi connectivity index (χ4n) is 5.09. The molecule has 39 heavy (non-hydrogen) atoms. The number of aromatic nitrogens is 1. The van der Waals surface area contributed by atoms with Gasteiger partial charge in [-0.1, -0.05) is 54.1 Å². The van der Waals surface area contributed by atoms with Crippen LogP contribution in [0.5, 0.6) is 0 Å². The van der Waals surface area contributed by atoms with Gasteiger partial charge in [-0.2, -0.15) is 0 Å². The van der Waals surface area contributed by atoms with Crippen LogP contribution in [0.25, 0.3) is 0 Å². The summed E-state index contributed by atoms with van der Waals surface area (Å²) < 4.78 is 23.3. The van der Waals surface area contributed by atoms with Gasteiger partial charge in [0.25, 0.3) is 0 Å². The topological polar surface area (TPSA) is 82.8 Å². The maximum absolute atomic E-state index is 11.7. The zero-order valence-electron chi connectivity index (χ0n) is 21.6. The Labute approximate surface area is 239 Å². The Bertz CT molecular complexity index is 1430. The van der Waals surface area contributed by atoms with E-state index < -0.39 is 10.0 Å². The van der Waals surface area contributed by atoms with Crippen molar-refractivity contribution in [2.75, 3.05) is 44.2 Å². The predicted molar refractivity (Wildman–Crippen MR) is 159 cm³/mol. The van der Waals surface area contributed by atoms with Crippen LogP contribution >= 0.6 is 22.9 Å². The molecule has 0 aliphatic carbocycles. The molecule has 0 amide bonds. The van der Waals surface area contributed by atoms with Crippen LogP contribution in [0.2, 0.25) is 5.02 Å². The Balaban J connectivity index is 1.21. The standard InChI is InChI=1S/C29H32ClN5O2S2/c30-25-9-7-24(8-10-25)28(23-5-2-1-3-6-23)34-20-18-33(19-21-34)16-4-17-35(29-32-15-22-38-29)26-11-13-27(14-12-26)39(31,36)37/h1-3,5-15,22,28H,4,16-21H2,(H2,31,36,37)/t28-/m1/s1. The molecular formula is C29H32ClN5O2S2. The summed E-state index contributed by atoms with van der Waals surface area (Å²) in [6, 6.07) is 25.8. The van der Waals surface area contributed by atoms with E-state index in [-0.39, 0.29) is 10.9 Å². The molecule has 1 aliphatic rings. The highest BCUT2D eigenvalue weighted by Gasteiger charge is 2.26. The van der Waals surface area contributed by atoms with Crippen LogP contribution in [0.1, 0.15) is 23.6 Å². The first-order valence-electron chi connectivity index (χ1n) is 13.0. The lowest BCUT2D eigenvalue weighted by molar-refractivity contribution is 0.109. The van der Waals surface area contributed by atoms with Crippen molar-refractivity contribution in [2.24, 2.45) is 5.14 Å². The average molecular weight is 582 g/mol. The van der Waals surface area contributed by atoms with Gasteiger partial charge >= 0.3 is 0 Å². The molecule has 0 radical (unpaired) electrons. The molecule has 3 aromatic carbocycles. The lowest BCUT2D eigenvalue weighted by Crippen LogP contribution is -2.48. The number of hydrogen-bond acceptors (Lipinski definition) is 7. The number of halogens is 1. The Kier molecular flexibility index (Phi) is 8.96. The summed E-state index contributed by atoms with van der Waals surface area (Å²) in [5.41, 5.74) is 3.45. The van der Waals surface area contributed by atoms with Crippen LogP contribution in [-0.4, -0.2) is 62.5 Å². The summed E-state index contributed by atoms with van der Waals surface area (Å²) in [5, 5.41) is 8.86. The van der Waals surface area contributed by atoms with E-state index in [1.165, 1.54) is 11.1 Å². The van der Waals surface area contributed by atoms with Crippen LogP contribution in [0.3, 0.4) is 0 Å². The van der Waals surface area contributed by atoms with Crippen molar-refractivity contribution in [3.63, 3.8) is 0 Å². The second-order valence-electron chi connectivity index (χ2n) is 9.60. The number of anilines is 2. The highest BCUT2D eigenvalue weighted by atomic mass is 35.5. The van der Waals surface area contributed by atoms with E-state index in [9.17, 15) is 8.42 Å². The van der Waals surface area contributed by atoms with Gasteiger partial charge in [0, 0.05) is 55.0 Å². The molecule has 1 atom stereocenters. The van der Waals surface area contributed by atoms with Crippen LogP contribution in [0.15, 0.2) is 95.3 Å². The van der Waals surface area contributed by atoms with Crippen molar-refractivity contribution in [3.8, 4) is 0 Å². The highest BCUT2D eigenvalue weighted by molar-refractivity contribution is 7.89. The minimum atomic E-state index is -3.73. The maximum atomic E-state index is 11.7. The molecule has 1 aliphatic heterocycles. The van der Waals surface area contributed by atoms with Crippen molar-refractivity contribution >= 4 is 43.8 Å². The van der Waals surface area contributed by atoms with Gasteiger partial charge in [-0.05, 0) is 60.5 Å². The number of nitrogens with two attached hydrogens (primary N) is 1. The second-order valence-corrected chi connectivity index (χ2v) is 12.5. The third kappa shape index (κ3) is 7.05. The average Bonchev–Trinajstić information content (AvgIpc) is 3.48. The molecule has 2 heterocycles. The number of piperazine rings is 1. The van der Waals surface area contributed by atoms with E-state index in [1.807, 2.05) is 17.5 Å². The van der Waals surface area contributed by atoms with E-state index in [0.29, 0.717) is 0 Å². The van der Waals surface area contributed by atoms with Crippen molar-refractivity contribution in [1.29, 1.82) is 0 Å². The van der Waals surface area contributed by atoms with Crippen molar-refractivity contribution in [1.82, 2.24) is 14.8 Å². The van der Waals surface area contributed by atoms with Gasteiger partial charge < -0.3 is 9.80 Å². The number of thiazole rings is 1. The summed E-state index contributed by atoms with van der Waals surface area (Å²) in [5.74, 6) is 0. The fourth-order valence-corrected chi connectivity index (χ4v) is 6.42. The van der Waals surface area contributed by atoms with Crippen LogP contribution in [0.4, 0.5) is 10.8 Å². The van der Waals surface area contributed by atoms with Gasteiger partial charge in [-0.25, -0.2) is 18.5 Å². The lowest BCUT2D eigenvalue weighted by atomic mass is 9.96. The summed E-state index contributed by atoms with van der Waals surface area (Å²) in [6.07, 6.45) is 2.74. The molecule has 1 saturated heterocycles.